The zero-order valence-electron chi connectivity index (χ0n) is 19.0. The number of benzene rings is 2. The predicted molar refractivity (Wildman–Crippen MR) is 132 cm³/mol. The molecule has 0 aliphatic rings. The summed E-state index contributed by atoms with van der Waals surface area (Å²) in [7, 11) is -1.17. The number of hydrogen-bond acceptors (Lipinski definition) is 7. The molecule has 0 aliphatic carbocycles. The number of anilines is 1. The summed E-state index contributed by atoms with van der Waals surface area (Å²) in [5.74, 6) is 1.18. The van der Waals surface area contributed by atoms with E-state index in [1.165, 1.54) is 44.7 Å². The van der Waals surface area contributed by atoms with Crippen molar-refractivity contribution >= 4 is 43.8 Å². The third-order valence-electron chi connectivity index (χ3n) is 4.81. The van der Waals surface area contributed by atoms with Gasteiger partial charge >= 0.3 is 0 Å². The van der Waals surface area contributed by atoms with Gasteiger partial charge in [0, 0.05) is 12.1 Å². The molecule has 0 aliphatic heterocycles. The molecule has 0 unspecified atom stereocenters. The van der Waals surface area contributed by atoms with Gasteiger partial charge in [0.15, 0.2) is 11.5 Å². The van der Waals surface area contributed by atoms with E-state index in [0.29, 0.717) is 23.0 Å². The van der Waals surface area contributed by atoms with Crippen LogP contribution >= 0.6 is 15.9 Å². The van der Waals surface area contributed by atoms with Crippen molar-refractivity contribution in [3.63, 3.8) is 0 Å². The molecule has 0 atom stereocenters. The summed E-state index contributed by atoms with van der Waals surface area (Å²) in [6.07, 6.45) is 1.32. The summed E-state index contributed by atoms with van der Waals surface area (Å²) in [6, 6.07) is 12.6. The van der Waals surface area contributed by atoms with Crippen molar-refractivity contribution in [2.24, 2.45) is 5.10 Å². The van der Waals surface area contributed by atoms with E-state index in [-0.39, 0.29) is 10.6 Å². The average Bonchev–Trinajstić information content (AvgIpc) is 3.14. The molecule has 0 radical (unpaired) electrons. The minimum absolute atomic E-state index is 0.0418. The van der Waals surface area contributed by atoms with Crippen LogP contribution in [-0.4, -0.2) is 41.3 Å². The number of carbonyl (C=O) groups is 1. The highest BCUT2D eigenvalue weighted by atomic mass is 79.9. The average molecular weight is 550 g/mol. The molecule has 9 nitrogen and oxygen atoms in total. The van der Waals surface area contributed by atoms with Gasteiger partial charge in [-0.05, 0) is 54.0 Å². The Labute approximate surface area is 206 Å². The van der Waals surface area contributed by atoms with Crippen molar-refractivity contribution in [3.8, 4) is 11.5 Å². The molecule has 1 N–H and O–H groups in total. The summed E-state index contributed by atoms with van der Waals surface area (Å²) in [5.41, 5.74) is 3.47. The van der Waals surface area contributed by atoms with Gasteiger partial charge in [-0.25, -0.2) is 13.8 Å². The minimum atomic E-state index is -4.09. The fourth-order valence-electron chi connectivity index (χ4n) is 3.01. The lowest BCUT2D eigenvalue weighted by molar-refractivity contribution is -0.119. The molecule has 11 heteroatoms. The molecule has 0 bridgehead atoms. The number of amides is 1. The Morgan fingerprint density at radius 2 is 1.76 bits per heavy atom. The zero-order valence-corrected chi connectivity index (χ0v) is 21.4. The van der Waals surface area contributed by atoms with Crippen LogP contribution in [0.1, 0.15) is 17.1 Å². The molecule has 1 aromatic heterocycles. The van der Waals surface area contributed by atoms with Crippen LogP contribution in [0.2, 0.25) is 0 Å². The highest BCUT2D eigenvalue weighted by molar-refractivity contribution is 9.10. The second-order valence-corrected chi connectivity index (χ2v) is 9.93. The van der Waals surface area contributed by atoms with Gasteiger partial charge in [0.05, 0.1) is 35.5 Å². The standard InChI is InChI=1S/C23H24BrN3O6S/c1-15-5-8-19(9-6-15)34(29,30)27(17-7-10-21(31-3)22(11-17)32-4)14-23(28)26-25-13-18-12-20(24)16(2)33-18/h5-13H,14H2,1-4H3,(H,26,28)/b25-13+. The van der Waals surface area contributed by atoms with Gasteiger partial charge in [-0.1, -0.05) is 17.7 Å². The SMILES string of the molecule is COc1ccc(N(CC(=O)N/N=C/c2cc(Br)c(C)o2)S(=O)(=O)c2ccc(C)cc2)cc1OC. The van der Waals surface area contributed by atoms with Gasteiger partial charge in [-0.3, -0.25) is 9.10 Å². The maximum absolute atomic E-state index is 13.5. The molecular formula is C23H24BrN3O6S. The molecule has 3 rings (SSSR count). The predicted octanol–water partition coefficient (Wildman–Crippen LogP) is 4.02. The number of carbonyl (C=O) groups excluding carboxylic acids is 1. The van der Waals surface area contributed by atoms with Crippen LogP contribution in [-0.2, 0) is 14.8 Å². The molecule has 2 aromatic carbocycles. The molecule has 0 saturated heterocycles. The number of sulfonamides is 1. The van der Waals surface area contributed by atoms with Crippen molar-refractivity contribution in [2.75, 3.05) is 25.1 Å². The van der Waals surface area contributed by atoms with Crippen LogP contribution in [0.5, 0.6) is 11.5 Å². The Kier molecular flexibility index (Phi) is 8.00. The van der Waals surface area contributed by atoms with E-state index in [1.54, 1.807) is 31.2 Å². The van der Waals surface area contributed by atoms with Crippen molar-refractivity contribution in [1.29, 1.82) is 0 Å². The van der Waals surface area contributed by atoms with Gasteiger partial charge in [-0.15, -0.1) is 0 Å². The van der Waals surface area contributed by atoms with Crippen LogP contribution in [0.4, 0.5) is 5.69 Å². The molecule has 0 saturated carbocycles. The first-order valence-corrected chi connectivity index (χ1v) is 12.3. The Morgan fingerprint density at radius 1 is 1.09 bits per heavy atom. The third kappa shape index (κ3) is 5.78. The molecule has 3 aromatic rings. The van der Waals surface area contributed by atoms with Gasteiger partial charge < -0.3 is 13.9 Å². The normalized spacial score (nSPS) is 11.4. The van der Waals surface area contributed by atoms with E-state index in [1.807, 2.05) is 6.92 Å². The smallest absolute Gasteiger partial charge is 0.264 e. The number of hydrazone groups is 1. The first-order valence-electron chi connectivity index (χ1n) is 10.0. The maximum Gasteiger partial charge on any atom is 0.264 e. The Hall–Kier alpha value is -3.31. The quantitative estimate of drug-likeness (QED) is 0.318. The van der Waals surface area contributed by atoms with Crippen molar-refractivity contribution in [2.45, 2.75) is 18.7 Å². The van der Waals surface area contributed by atoms with Crippen LogP contribution in [0.15, 0.2) is 67.4 Å². The van der Waals surface area contributed by atoms with Gasteiger partial charge in [-0.2, -0.15) is 5.10 Å². The maximum atomic E-state index is 13.5. The number of halogens is 1. The number of aryl methyl sites for hydroxylation is 2. The lowest BCUT2D eigenvalue weighted by Crippen LogP contribution is -2.39. The lowest BCUT2D eigenvalue weighted by Gasteiger charge is -2.24. The molecule has 34 heavy (non-hydrogen) atoms. The van der Waals surface area contributed by atoms with Gasteiger partial charge in [0.25, 0.3) is 15.9 Å². The largest absolute Gasteiger partial charge is 0.493 e. The van der Waals surface area contributed by atoms with Gasteiger partial charge in [0.2, 0.25) is 0 Å². The zero-order chi connectivity index (χ0) is 24.9. The molecule has 1 heterocycles. The van der Waals surface area contributed by atoms with Crippen molar-refractivity contribution in [3.05, 3.63) is 70.1 Å². The van der Waals surface area contributed by atoms with Crippen molar-refractivity contribution in [1.82, 2.24) is 5.43 Å². The van der Waals surface area contributed by atoms with Crippen LogP contribution in [0, 0.1) is 13.8 Å². The summed E-state index contributed by atoms with van der Waals surface area (Å²) in [4.78, 5) is 12.7. The number of methoxy groups -OCH3 is 2. The first kappa shape index (κ1) is 25.3. The summed E-state index contributed by atoms with van der Waals surface area (Å²) in [5, 5.41) is 3.86. The fourth-order valence-corrected chi connectivity index (χ4v) is 4.73. The van der Waals surface area contributed by atoms with Crippen LogP contribution in [0.25, 0.3) is 0 Å². The number of nitrogens with zero attached hydrogens (tertiary/aromatic N) is 2. The molecule has 0 fully saturated rings. The van der Waals surface area contributed by atoms with Crippen LogP contribution < -0.4 is 19.2 Å². The fraction of sp³-hybridized carbons (Fsp3) is 0.217. The monoisotopic (exact) mass is 549 g/mol. The molecular weight excluding hydrogens is 526 g/mol. The second kappa shape index (κ2) is 10.7. The molecule has 1 amide bonds. The second-order valence-electron chi connectivity index (χ2n) is 7.21. The number of rotatable bonds is 9. The summed E-state index contributed by atoms with van der Waals surface area (Å²) in [6.45, 7) is 3.11. The third-order valence-corrected chi connectivity index (χ3v) is 7.38. The van der Waals surface area contributed by atoms with Crippen molar-refractivity contribution < 1.29 is 27.1 Å². The molecule has 0 spiro atoms. The first-order chi connectivity index (χ1) is 16.1. The number of furan rings is 1. The number of nitrogens with one attached hydrogen (secondary N) is 1. The highest BCUT2D eigenvalue weighted by Crippen LogP contribution is 2.33. The summed E-state index contributed by atoms with van der Waals surface area (Å²) < 4.78 is 44.7. The minimum Gasteiger partial charge on any atom is -0.493 e. The Balaban J connectivity index is 1.91. The molecule has 180 valence electrons. The van der Waals surface area contributed by atoms with Crippen LogP contribution in [0.3, 0.4) is 0 Å². The lowest BCUT2D eigenvalue weighted by atomic mass is 10.2. The highest BCUT2D eigenvalue weighted by Gasteiger charge is 2.28. The Morgan fingerprint density at radius 3 is 2.35 bits per heavy atom. The van der Waals surface area contributed by atoms with E-state index in [4.69, 9.17) is 13.9 Å². The van der Waals surface area contributed by atoms with E-state index in [2.05, 4.69) is 26.5 Å². The van der Waals surface area contributed by atoms with E-state index >= 15 is 0 Å². The summed E-state index contributed by atoms with van der Waals surface area (Å²) >= 11 is 3.33. The van der Waals surface area contributed by atoms with E-state index in [0.717, 1.165) is 14.3 Å². The topological polar surface area (TPSA) is 110 Å². The Bertz CT molecular complexity index is 1280. The van der Waals surface area contributed by atoms with Gasteiger partial charge in [0.1, 0.15) is 18.1 Å². The van der Waals surface area contributed by atoms with E-state index in [9.17, 15) is 13.2 Å². The number of hydrogen-bond donors (Lipinski definition) is 1. The van der Waals surface area contributed by atoms with E-state index < -0.39 is 22.5 Å². The number of ether oxygens (including phenoxy) is 2.